The van der Waals surface area contributed by atoms with Gasteiger partial charge < -0.3 is 0 Å². The Balaban J connectivity index is 1.97. The molecular formula is C15H20N2. The zero-order valence-electron chi connectivity index (χ0n) is 10.9. The molecule has 0 saturated heterocycles. The quantitative estimate of drug-likeness (QED) is 0.765. The Morgan fingerprint density at radius 2 is 2.06 bits per heavy atom. The van der Waals surface area contributed by atoms with Crippen LogP contribution in [-0.2, 0) is 12.0 Å². The lowest BCUT2D eigenvalue weighted by molar-refractivity contribution is 0.567. The highest BCUT2D eigenvalue weighted by Gasteiger charge is 2.22. The van der Waals surface area contributed by atoms with Gasteiger partial charge in [0.05, 0.1) is 5.52 Å². The van der Waals surface area contributed by atoms with E-state index in [4.69, 9.17) is 0 Å². The summed E-state index contributed by atoms with van der Waals surface area (Å²) < 4.78 is 2.12. The second-order valence-electron chi connectivity index (χ2n) is 6.32. The monoisotopic (exact) mass is 228 g/mol. The van der Waals surface area contributed by atoms with Gasteiger partial charge in [-0.05, 0) is 35.8 Å². The van der Waals surface area contributed by atoms with Crippen molar-refractivity contribution >= 4 is 10.9 Å². The van der Waals surface area contributed by atoms with Gasteiger partial charge in [-0.15, -0.1) is 0 Å². The maximum atomic E-state index is 4.68. The lowest BCUT2D eigenvalue weighted by atomic mass is 9.87. The van der Waals surface area contributed by atoms with Crippen LogP contribution in [0.1, 0.15) is 39.2 Å². The fourth-order valence-electron chi connectivity index (χ4n) is 2.19. The molecule has 1 aromatic heterocycles. The van der Waals surface area contributed by atoms with E-state index in [0.29, 0.717) is 0 Å². The predicted octanol–water partition coefficient (Wildman–Crippen LogP) is 3.74. The summed E-state index contributed by atoms with van der Waals surface area (Å²) in [7, 11) is 0. The fourth-order valence-corrected chi connectivity index (χ4v) is 2.19. The molecule has 1 heterocycles. The van der Waals surface area contributed by atoms with Gasteiger partial charge in [-0.2, -0.15) is 5.10 Å². The summed E-state index contributed by atoms with van der Waals surface area (Å²) in [4.78, 5) is 0. The first kappa shape index (κ1) is 10.8. The van der Waals surface area contributed by atoms with Gasteiger partial charge in [-0.3, -0.25) is 4.68 Å². The fraction of sp³-hybridized carbons (Fsp3) is 0.533. The van der Waals surface area contributed by atoms with Crippen molar-refractivity contribution in [3.8, 4) is 0 Å². The van der Waals surface area contributed by atoms with Crippen LogP contribution >= 0.6 is 0 Å². The van der Waals surface area contributed by atoms with Crippen LogP contribution in [0.2, 0.25) is 0 Å². The minimum absolute atomic E-state index is 0.203. The Morgan fingerprint density at radius 1 is 1.29 bits per heavy atom. The standard InChI is InChI=1S/C15H20N2/c1-15(2,3)13-7-6-12-10-17(9-11-4-5-11)16-14(12)8-13/h6-8,10-11H,4-5,9H2,1-3H3. The van der Waals surface area contributed by atoms with Gasteiger partial charge in [0.1, 0.15) is 0 Å². The second kappa shape index (κ2) is 3.59. The van der Waals surface area contributed by atoms with Crippen molar-refractivity contribution in [3.63, 3.8) is 0 Å². The molecule has 90 valence electrons. The normalized spacial score (nSPS) is 16.6. The molecule has 1 aromatic carbocycles. The summed E-state index contributed by atoms with van der Waals surface area (Å²) in [5, 5.41) is 5.95. The molecule has 0 spiro atoms. The predicted molar refractivity (Wildman–Crippen MR) is 71.2 cm³/mol. The lowest BCUT2D eigenvalue weighted by Gasteiger charge is -2.18. The average Bonchev–Trinajstić information content (AvgIpc) is 2.95. The van der Waals surface area contributed by atoms with Crippen LogP contribution in [0.3, 0.4) is 0 Å². The maximum Gasteiger partial charge on any atom is 0.0926 e. The molecule has 2 heteroatoms. The minimum atomic E-state index is 0.203. The van der Waals surface area contributed by atoms with E-state index in [0.717, 1.165) is 18.0 Å². The number of benzene rings is 1. The summed E-state index contributed by atoms with van der Waals surface area (Å²) in [6.07, 6.45) is 4.94. The molecule has 2 aromatic rings. The molecule has 0 atom stereocenters. The number of fused-ring (bicyclic) bond motifs is 1. The average molecular weight is 228 g/mol. The third-order valence-corrected chi connectivity index (χ3v) is 3.56. The molecule has 1 aliphatic rings. The van der Waals surface area contributed by atoms with E-state index < -0.39 is 0 Å². The molecule has 0 amide bonds. The Bertz CT molecular complexity index is 542. The number of aromatic nitrogens is 2. The molecule has 3 rings (SSSR count). The van der Waals surface area contributed by atoms with Crippen molar-refractivity contribution in [1.29, 1.82) is 0 Å². The molecule has 0 bridgehead atoms. The number of nitrogens with zero attached hydrogens (tertiary/aromatic N) is 2. The van der Waals surface area contributed by atoms with Gasteiger partial charge >= 0.3 is 0 Å². The van der Waals surface area contributed by atoms with E-state index in [1.165, 1.54) is 23.8 Å². The summed E-state index contributed by atoms with van der Waals surface area (Å²) in [6.45, 7) is 7.83. The van der Waals surface area contributed by atoms with Crippen LogP contribution in [0.5, 0.6) is 0 Å². The van der Waals surface area contributed by atoms with E-state index in [2.05, 4.69) is 54.9 Å². The van der Waals surface area contributed by atoms with Crippen molar-refractivity contribution in [3.05, 3.63) is 30.0 Å². The van der Waals surface area contributed by atoms with Crippen molar-refractivity contribution < 1.29 is 0 Å². The van der Waals surface area contributed by atoms with E-state index in [9.17, 15) is 0 Å². The van der Waals surface area contributed by atoms with Gasteiger partial charge in [0.2, 0.25) is 0 Å². The Labute approximate surface area is 103 Å². The highest BCUT2D eigenvalue weighted by Crippen LogP contribution is 2.31. The third kappa shape index (κ3) is 2.21. The smallest absolute Gasteiger partial charge is 0.0926 e. The first-order chi connectivity index (χ1) is 8.02. The van der Waals surface area contributed by atoms with E-state index in [-0.39, 0.29) is 5.41 Å². The van der Waals surface area contributed by atoms with Crippen LogP contribution in [0, 0.1) is 5.92 Å². The number of rotatable bonds is 2. The Kier molecular flexibility index (Phi) is 2.29. The van der Waals surface area contributed by atoms with Gasteiger partial charge in [-0.1, -0.05) is 32.9 Å². The summed E-state index contributed by atoms with van der Waals surface area (Å²) in [5.74, 6) is 0.881. The molecule has 0 N–H and O–H groups in total. The minimum Gasteiger partial charge on any atom is -0.271 e. The van der Waals surface area contributed by atoms with Crippen LogP contribution in [0.4, 0.5) is 0 Å². The zero-order valence-corrected chi connectivity index (χ0v) is 10.9. The van der Waals surface area contributed by atoms with Crippen LogP contribution in [0.15, 0.2) is 24.4 Å². The summed E-state index contributed by atoms with van der Waals surface area (Å²) in [5.41, 5.74) is 2.70. The molecule has 1 saturated carbocycles. The lowest BCUT2D eigenvalue weighted by Crippen LogP contribution is -2.10. The number of hydrogen-bond donors (Lipinski definition) is 0. The molecular weight excluding hydrogens is 208 g/mol. The van der Waals surface area contributed by atoms with Crippen molar-refractivity contribution in [2.75, 3.05) is 0 Å². The summed E-state index contributed by atoms with van der Waals surface area (Å²) >= 11 is 0. The summed E-state index contributed by atoms with van der Waals surface area (Å²) in [6, 6.07) is 6.66. The molecule has 1 aliphatic carbocycles. The molecule has 17 heavy (non-hydrogen) atoms. The molecule has 0 aliphatic heterocycles. The van der Waals surface area contributed by atoms with Crippen molar-refractivity contribution in [2.45, 2.75) is 45.6 Å². The van der Waals surface area contributed by atoms with Gasteiger partial charge in [-0.25, -0.2) is 0 Å². The highest BCUT2D eigenvalue weighted by atomic mass is 15.3. The third-order valence-electron chi connectivity index (χ3n) is 3.56. The van der Waals surface area contributed by atoms with Crippen LogP contribution in [0.25, 0.3) is 10.9 Å². The maximum absolute atomic E-state index is 4.68. The van der Waals surface area contributed by atoms with Crippen LogP contribution in [-0.4, -0.2) is 9.78 Å². The Morgan fingerprint density at radius 3 is 2.71 bits per heavy atom. The van der Waals surface area contributed by atoms with Crippen LogP contribution < -0.4 is 0 Å². The van der Waals surface area contributed by atoms with Gasteiger partial charge in [0.15, 0.2) is 0 Å². The van der Waals surface area contributed by atoms with E-state index in [1.54, 1.807) is 0 Å². The van der Waals surface area contributed by atoms with E-state index in [1.807, 2.05) is 0 Å². The number of hydrogen-bond acceptors (Lipinski definition) is 1. The highest BCUT2D eigenvalue weighted by molar-refractivity contribution is 5.79. The molecule has 0 unspecified atom stereocenters. The van der Waals surface area contributed by atoms with Gasteiger partial charge in [0.25, 0.3) is 0 Å². The molecule has 1 fully saturated rings. The molecule has 0 radical (unpaired) electrons. The first-order valence-electron chi connectivity index (χ1n) is 6.50. The first-order valence-corrected chi connectivity index (χ1v) is 6.50. The van der Waals surface area contributed by atoms with Crippen molar-refractivity contribution in [1.82, 2.24) is 9.78 Å². The van der Waals surface area contributed by atoms with E-state index >= 15 is 0 Å². The SMILES string of the molecule is CC(C)(C)c1ccc2cn(CC3CC3)nc2c1. The molecule has 2 nitrogen and oxygen atoms in total. The van der Waals surface area contributed by atoms with Crippen molar-refractivity contribution in [2.24, 2.45) is 5.92 Å². The second-order valence-corrected chi connectivity index (χ2v) is 6.32. The largest absolute Gasteiger partial charge is 0.271 e. The Hall–Kier alpha value is -1.31. The zero-order chi connectivity index (χ0) is 12.0. The van der Waals surface area contributed by atoms with Gasteiger partial charge in [0, 0.05) is 18.1 Å². The topological polar surface area (TPSA) is 17.8 Å².